The van der Waals surface area contributed by atoms with Gasteiger partial charge in [-0.2, -0.15) is 0 Å². The molecule has 0 saturated heterocycles. The van der Waals surface area contributed by atoms with Gasteiger partial charge in [0.25, 0.3) is 5.56 Å². The third-order valence-electron chi connectivity index (χ3n) is 7.53. The van der Waals surface area contributed by atoms with E-state index in [0.717, 1.165) is 22.4 Å². The number of benzene rings is 1. The largest absolute Gasteiger partial charge is 0.486 e. The maximum Gasteiger partial charge on any atom is 0.261 e. The molecule has 0 bridgehead atoms. The van der Waals surface area contributed by atoms with Crippen molar-refractivity contribution in [3.8, 4) is 0 Å². The fourth-order valence-electron chi connectivity index (χ4n) is 4.75. The van der Waals surface area contributed by atoms with Gasteiger partial charge in [-0.1, -0.05) is 114 Å². The van der Waals surface area contributed by atoms with E-state index in [1.807, 2.05) is 95.3 Å². The van der Waals surface area contributed by atoms with Crippen LogP contribution in [-0.2, 0) is 31.8 Å². The average Bonchev–Trinajstić information content (AvgIpc) is 3.42. The van der Waals surface area contributed by atoms with Crippen LogP contribution in [0.15, 0.2) is 101 Å². The second-order valence-electron chi connectivity index (χ2n) is 11.2. The molecule has 0 aliphatic heterocycles. The van der Waals surface area contributed by atoms with Crippen molar-refractivity contribution in [3.63, 3.8) is 0 Å². The van der Waals surface area contributed by atoms with Crippen LogP contribution in [-0.4, -0.2) is 59.5 Å². The number of allylic oxidation sites excluding steroid dienone is 9. The van der Waals surface area contributed by atoms with Gasteiger partial charge in [0, 0.05) is 49.9 Å². The Balaban J connectivity index is 0.00000210. The number of ether oxygens (including phenoxy) is 3. The van der Waals surface area contributed by atoms with Crippen LogP contribution in [0.2, 0.25) is 0 Å². The zero-order valence-corrected chi connectivity index (χ0v) is 32.3. The first-order valence-corrected chi connectivity index (χ1v) is 18.4. The van der Waals surface area contributed by atoms with Gasteiger partial charge in [0.15, 0.2) is 5.84 Å². The van der Waals surface area contributed by atoms with Crippen molar-refractivity contribution in [2.45, 2.75) is 93.1 Å². The number of unbranched alkanes of at least 4 members (excludes halogenated alkanes) is 1. The molecule has 3 rings (SSSR count). The Kier molecular flexibility index (Phi) is 24.2. The molecule has 1 amide bonds. The fourth-order valence-corrected chi connectivity index (χ4v) is 4.75. The number of nitrogens with one attached hydrogen (secondary N) is 1. The molecule has 2 N–H and O–H groups in total. The Labute approximate surface area is 311 Å². The molecule has 1 aliphatic rings. The maximum absolute atomic E-state index is 13.9. The first-order valence-electron chi connectivity index (χ1n) is 18.4. The number of amidine groups is 1. The summed E-state index contributed by atoms with van der Waals surface area (Å²) < 4.78 is 19.0. The van der Waals surface area contributed by atoms with Crippen molar-refractivity contribution in [2.24, 2.45) is 5.16 Å². The summed E-state index contributed by atoms with van der Waals surface area (Å²) in [5, 5.41) is 14.9. The number of aromatic nitrogens is 2. The third kappa shape index (κ3) is 16.0. The summed E-state index contributed by atoms with van der Waals surface area (Å²) >= 11 is 0. The van der Waals surface area contributed by atoms with Crippen molar-refractivity contribution >= 4 is 23.5 Å². The summed E-state index contributed by atoms with van der Waals surface area (Å²) in [6, 6.07) is 7.75. The standard InChI is InChI=1S/C36H44N4O6.C4H10.C2H6/c1-5-9-10-12-29(22-34(39-43)38-26-41)28-17-15-27(16-18-28)21-30-23-37-35(6-2)40(36(30)42)31-13-11-14-32(20-19-31)46-33(24-44-7-3)25-45-8-4;1-3-4-2;1-2/h5,9-10,12-20,23,26,33,43H,1,6-8,11,21-22,24-25H2,2-4H3,(H,38,39,41);3-4H2,1-2H3;1-2H3/b10-9-,29-12+;;. The highest BCUT2D eigenvalue weighted by atomic mass is 16.6. The lowest BCUT2D eigenvalue weighted by Gasteiger charge is -2.19. The van der Waals surface area contributed by atoms with Crippen molar-refractivity contribution < 1.29 is 24.2 Å². The Hall–Kier alpha value is -4.80. The number of aryl methyl sites for hydroxylation is 1. The summed E-state index contributed by atoms with van der Waals surface area (Å²) in [6.45, 7) is 19.9. The summed E-state index contributed by atoms with van der Waals surface area (Å²) in [4.78, 5) is 29.4. The first kappa shape index (κ1) is 45.2. The second kappa shape index (κ2) is 27.9. The molecular weight excluding hydrogens is 656 g/mol. The Morgan fingerprint density at radius 3 is 2.25 bits per heavy atom. The van der Waals surface area contributed by atoms with E-state index < -0.39 is 0 Å². The number of carbonyl (C=O) groups is 1. The molecule has 52 heavy (non-hydrogen) atoms. The van der Waals surface area contributed by atoms with Crippen molar-refractivity contribution in [1.29, 1.82) is 0 Å². The number of carbonyl (C=O) groups excluding carboxylic acids is 1. The quantitative estimate of drug-likeness (QED) is 0.0374. The highest BCUT2D eigenvalue weighted by molar-refractivity contribution is 5.97. The van der Waals surface area contributed by atoms with E-state index in [1.165, 1.54) is 12.8 Å². The summed E-state index contributed by atoms with van der Waals surface area (Å²) in [5.41, 5.74) is 3.79. The van der Waals surface area contributed by atoms with Gasteiger partial charge in [-0.15, -0.1) is 0 Å². The number of rotatable bonds is 19. The predicted octanol–water partition coefficient (Wildman–Crippen LogP) is 8.42. The zero-order chi connectivity index (χ0) is 38.6. The normalized spacial score (nSPS) is 12.9. The SMILES string of the molecule is C=C/C=C\C=C(/C/C(=N/O)NC=O)c1ccc(Cc2cnc(CC)n(C3=CCC=C(OC(COCC)COCC)C=C3)c2=O)cc1.CC.CCCC. The molecule has 1 aliphatic carbocycles. The fraction of sp³-hybridized carbons (Fsp3) is 0.429. The van der Waals surface area contributed by atoms with E-state index in [4.69, 9.17) is 14.2 Å². The molecule has 10 nitrogen and oxygen atoms in total. The number of nitrogens with zero attached hydrogens (tertiary/aromatic N) is 3. The molecule has 10 heteroatoms. The van der Waals surface area contributed by atoms with Gasteiger partial charge in [-0.05, 0) is 55.2 Å². The smallest absolute Gasteiger partial charge is 0.261 e. The molecule has 1 heterocycles. The molecule has 1 aromatic heterocycles. The Morgan fingerprint density at radius 2 is 1.69 bits per heavy atom. The number of amides is 1. The minimum atomic E-state index is -0.240. The number of hydrogen-bond donors (Lipinski definition) is 2. The van der Waals surface area contributed by atoms with Crippen LogP contribution >= 0.6 is 0 Å². The summed E-state index contributed by atoms with van der Waals surface area (Å²) in [6.07, 6.45) is 21.1. The highest BCUT2D eigenvalue weighted by Gasteiger charge is 2.16. The van der Waals surface area contributed by atoms with E-state index in [-0.39, 0.29) is 23.9 Å². The lowest BCUT2D eigenvalue weighted by molar-refractivity contribution is -0.108. The van der Waals surface area contributed by atoms with Gasteiger partial charge in [0.2, 0.25) is 6.41 Å². The number of hydrogen-bond acceptors (Lipinski definition) is 8. The molecule has 2 aromatic rings. The molecular formula is C42H60N4O6. The van der Waals surface area contributed by atoms with Gasteiger partial charge in [0.05, 0.1) is 13.2 Å². The third-order valence-corrected chi connectivity index (χ3v) is 7.53. The number of oxime groups is 1. The van der Waals surface area contributed by atoms with E-state index in [0.29, 0.717) is 69.2 Å². The lowest BCUT2D eigenvalue weighted by atomic mass is 9.98. The molecule has 284 valence electrons. The van der Waals surface area contributed by atoms with Crippen molar-refractivity contribution in [2.75, 3.05) is 26.4 Å². The molecule has 0 spiro atoms. The minimum absolute atomic E-state index is 0.117. The van der Waals surface area contributed by atoms with Crippen LogP contribution in [0.25, 0.3) is 11.3 Å². The molecule has 1 aromatic carbocycles. The van der Waals surface area contributed by atoms with E-state index >= 15 is 0 Å². The summed E-state index contributed by atoms with van der Waals surface area (Å²) in [7, 11) is 0. The van der Waals surface area contributed by atoms with Crippen LogP contribution < -0.4 is 10.9 Å². The van der Waals surface area contributed by atoms with Gasteiger partial charge in [-0.3, -0.25) is 14.2 Å². The van der Waals surface area contributed by atoms with E-state index in [9.17, 15) is 14.8 Å². The first-order chi connectivity index (χ1) is 25.4. The van der Waals surface area contributed by atoms with Gasteiger partial charge < -0.3 is 24.7 Å². The van der Waals surface area contributed by atoms with E-state index in [2.05, 4.69) is 35.9 Å². The molecule has 0 fully saturated rings. The molecule has 0 saturated carbocycles. The van der Waals surface area contributed by atoms with Gasteiger partial charge in [-0.25, -0.2) is 4.98 Å². The molecule has 0 atom stereocenters. The maximum atomic E-state index is 13.9. The zero-order valence-electron chi connectivity index (χ0n) is 32.3. The Morgan fingerprint density at radius 1 is 1.02 bits per heavy atom. The highest BCUT2D eigenvalue weighted by Crippen LogP contribution is 2.22. The average molecular weight is 717 g/mol. The van der Waals surface area contributed by atoms with Crippen LogP contribution in [0, 0.1) is 0 Å². The van der Waals surface area contributed by atoms with Crippen molar-refractivity contribution in [1.82, 2.24) is 14.9 Å². The lowest BCUT2D eigenvalue weighted by Crippen LogP contribution is -2.27. The second-order valence-corrected chi connectivity index (χ2v) is 11.2. The minimum Gasteiger partial charge on any atom is -0.486 e. The van der Waals surface area contributed by atoms with E-state index in [1.54, 1.807) is 22.9 Å². The van der Waals surface area contributed by atoms with Crippen molar-refractivity contribution in [3.05, 3.63) is 124 Å². The van der Waals surface area contributed by atoms with Gasteiger partial charge >= 0.3 is 0 Å². The van der Waals surface area contributed by atoms with Gasteiger partial charge in [0.1, 0.15) is 17.7 Å². The predicted molar refractivity (Wildman–Crippen MR) is 213 cm³/mol. The Bertz CT molecular complexity index is 1570. The summed E-state index contributed by atoms with van der Waals surface area (Å²) in [5.74, 6) is 1.48. The van der Waals surface area contributed by atoms with Crippen LogP contribution in [0.3, 0.4) is 0 Å². The van der Waals surface area contributed by atoms with Crippen LogP contribution in [0.1, 0.15) is 96.7 Å². The topological polar surface area (TPSA) is 124 Å². The molecule has 0 radical (unpaired) electrons. The van der Waals surface area contributed by atoms with Crippen LogP contribution in [0.4, 0.5) is 0 Å². The monoisotopic (exact) mass is 716 g/mol. The molecule has 0 unspecified atom stereocenters. The van der Waals surface area contributed by atoms with Crippen LogP contribution in [0.5, 0.6) is 0 Å².